The predicted octanol–water partition coefficient (Wildman–Crippen LogP) is 1.78. The first-order valence-electron chi connectivity index (χ1n) is 5.58. The molecule has 0 radical (unpaired) electrons. The van der Waals surface area contributed by atoms with Crippen LogP contribution in [-0.2, 0) is 0 Å². The van der Waals surface area contributed by atoms with Crippen LogP contribution < -0.4 is 5.32 Å². The molecule has 0 saturated heterocycles. The van der Waals surface area contributed by atoms with Crippen LogP contribution >= 0.6 is 0 Å². The van der Waals surface area contributed by atoms with Gasteiger partial charge in [-0.1, -0.05) is 19.3 Å². The average molecular weight is 207 g/mol. The number of aryl methyl sites for hydroxylation is 1. The van der Waals surface area contributed by atoms with E-state index in [1.807, 2.05) is 6.92 Å². The Bertz CT molecular complexity index is 339. The standard InChI is InChI=1S/C11H17N3O/c1-8-7-10(14-13-8)11(15)12-9-5-3-2-4-6-9/h7,9H,2-6H2,1H3,(H,12,15)(H,13,14). The Morgan fingerprint density at radius 1 is 1.47 bits per heavy atom. The van der Waals surface area contributed by atoms with Crippen molar-refractivity contribution in [2.75, 3.05) is 0 Å². The maximum absolute atomic E-state index is 11.7. The SMILES string of the molecule is Cc1cc(C(=O)NC2CCCCC2)n[nH]1. The Morgan fingerprint density at radius 3 is 2.80 bits per heavy atom. The van der Waals surface area contributed by atoms with Gasteiger partial charge in [-0.15, -0.1) is 0 Å². The Labute approximate surface area is 89.5 Å². The summed E-state index contributed by atoms with van der Waals surface area (Å²) in [4.78, 5) is 11.7. The molecule has 1 fully saturated rings. The maximum Gasteiger partial charge on any atom is 0.271 e. The van der Waals surface area contributed by atoms with E-state index in [9.17, 15) is 4.79 Å². The van der Waals surface area contributed by atoms with Crippen molar-refractivity contribution in [2.45, 2.75) is 45.1 Å². The summed E-state index contributed by atoms with van der Waals surface area (Å²) in [7, 11) is 0. The second-order valence-electron chi connectivity index (χ2n) is 4.24. The van der Waals surface area contributed by atoms with E-state index in [0.717, 1.165) is 18.5 Å². The molecule has 1 aliphatic carbocycles. The van der Waals surface area contributed by atoms with E-state index >= 15 is 0 Å². The van der Waals surface area contributed by atoms with Crippen LogP contribution in [-0.4, -0.2) is 22.1 Å². The molecule has 1 amide bonds. The lowest BCUT2D eigenvalue weighted by Crippen LogP contribution is -2.36. The topological polar surface area (TPSA) is 57.8 Å². The first-order valence-corrected chi connectivity index (χ1v) is 5.58. The summed E-state index contributed by atoms with van der Waals surface area (Å²) in [6.45, 7) is 1.89. The molecule has 1 aromatic heterocycles. The Morgan fingerprint density at radius 2 is 2.20 bits per heavy atom. The maximum atomic E-state index is 11.7. The number of carbonyl (C=O) groups excluding carboxylic acids is 1. The molecule has 1 heterocycles. The molecule has 4 nitrogen and oxygen atoms in total. The van der Waals surface area contributed by atoms with Gasteiger partial charge in [0, 0.05) is 11.7 Å². The minimum atomic E-state index is -0.0498. The number of nitrogens with one attached hydrogen (secondary N) is 2. The lowest BCUT2D eigenvalue weighted by molar-refractivity contribution is 0.0922. The zero-order valence-electron chi connectivity index (χ0n) is 9.05. The first-order chi connectivity index (χ1) is 7.25. The van der Waals surface area contributed by atoms with Crippen molar-refractivity contribution in [3.63, 3.8) is 0 Å². The molecular formula is C11H17N3O. The predicted molar refractivity (Wildman–Crippen MR) is 57.7 cm³/mol. The Balaban J connectivity index is 1.91. The van der Waals surface area contributed by atoms with Crippen LogP contribution in [0.5, 0.6) is 0 Å². The van der Waals surface area contributed by atoms with Crippen LogP contribution in [0.15, 0.2) is 6.07 Å². The van der Waals surface area contributed by atoms with Gasteiger partial charge in [0.15, 0.2) is 0 Å². The molecule has 1 aliphatic rings. The number of aromatic nitrogens is 2. The van der Waals surface area contributed by atoms with E-state index in [1.165, 1.54) is 19.3 Å². The van der Waals surface area contributed by atoms with Crippen molar-refractivity contribution in [1.82, 2.24) is 15.5 Å². The van der Waals surface area contributed by atoms with Crippen molar-refractivity contribution in [3.8, 4) is 0 Å². The number of carbonyl (C=O) groups is 1. The molecule has 1 aromatic rings. The van der Waals surface area contributed by atoms with Crippen molar-refractivity contribution in [1.29, 1.82) is 0 Å². The molecule has 0 aliphatic heterocycles. The highest BCUT2D eigenvalue weighted by Gasteiger charge is 2.17. The summed E-state index contributed by atoms with van der Waals surface area (Å²) in [6.07, 6.45) is 5.97. The van der Waals surface area contributed by atoms with Crippen molar-refractivity contribution in [3.05, 3.63) is 17.5 Å². The van der Waals surface area contributed by atoms with Gasteiger partial charge in [0.2, 0.25) is 0 Å². The minimum absolute atomic E-state index is 0.0498. The van der Waals surface area contributed by atoms with Gasteiger partial charge in [-0.2, -0.15) is 5.10 Å². The van der Waals surface area contributed by atoms with E-state index in [0.29, 0.717) is 11.7 Å². The second kappa shape index (κ2) is 4.47. The molecule has 0 unspecified atom stereocenters. The fourth-order valence-electron chi connectivity index (χ4n) is 2.04. The highest BCUT2D eigenvalue weighted by atomic mass is 16.2. The molecule has 0 bridgehead atoms. The summed E-state index contributed by atoms with van der Waals surface area (Å²) >= 11 is 0. The number of nitrogens with zero attached hydrogens (tertiary/aromatic N) is 1. The Hall–Kier alpha value is -1.32. The third kappa shape index (κ3) is 2.58. The fourth-order valence-corrected chi connectivity index (χ4v) is 2.04. The van der Waals surface area contributed by atoms with Crippen LogP contribution in [0.3, 0.4) is 0 Å². The average Bonchev–Trinajstić information content (AvgIpc) is 2.66. The van der Waals surface area contributed by atoms with Gasteiger partial charge in [-0.25, -0.2) is 0 Å². The highest BCUT2D eigenvalue weighted by Crippen LogP contribution is 2.17. The monoisotopic (exact) mass is 207 g/mol. The summed E-state index contributed by atoms with van der Waals surface area (Å²) in [5.74, 6) is -0.0498. The van der Waals surface area contributed by atoms with E-state index < -0.39 is 0 Å². The van der Waals surface area contributed by atoms with Gasteiger partial charge in [-0.05, 0) is 25.8 Å². The second-order valence-corrected chi connectivity index (χ2v) is 4.24. The summed E-state index contributed by atoms with van der Waals surface area (Å²) in [6, 6.07) is 2.13. The molecule has 0 spiro atoms. The van der Waals surface area contributed by atoms with Crippen LogP contribution in [0.4, 0.5) is 0 Å². The largest absolute Gasteiger partial charge is 0.348 e. The molecule has 0 atom stereocenters. The van der Waals surface area contributed by atoms with Crippen LogP contribution in [0.1, 0.15) is 48.3 Å². The molecule has 82 valence electrons. The molecule has 2 N–H and O–H groups in total. The lowest BCUT2D eigenvalue weighted by Gasteiger charge is -2.22. The normalized spacial score (nSPS) is 17.7. The number of aromatic amines is 1. The number of hydrogen-bond donors (Lipinski definition) is 2. The van der Waals surface area contributed by atoms with E-state index in [2.05, 4.69) is 15.5 Å². The van der Waals surface area contributed by atoms with Gasteiger partial charge in [0.05, 0.1) is 0 Å². The van der Waals surface area contributed by atoms with Gasteiger partial charge >= 0.3 is 0 Å². The zero-order valence-corrected chi connectivity index (χ0v) is 9.05. The smallest absolute Gasteiger partial charge is 0.271 e. The third-order valence-electron chi connectivity index (χ3n) is 2.88. The lowest BCUT2D eigenvalue weighted by atomic mass is 9.95. The van der Waals surface area contributed by atoms with Crippen molar-refractivity contribution >= 4 is 5.91 Å². The van der Waals surface area contributed by atoms with E-state index in [4.69, 9.17) is 0 Å². The number of hydrogen-bond acceptors (Lipinski definition) is 2. The highest BCUT2D eigenvalue weighted by molar-refractivity contribution is 5.92. The van der Waals surface area contributed by atoms with Crippen LogP contribution in [0, 0.1) is 6.92 Å². The van der Waals surface area contributed by atoms with Crippen LogP contribution in [0.25, 0.3) is 0 Å². The number of amides is 1. The molecule has 0 aromatic carbocycles. The fraction of sp³-hybridized carbons (Fsp3) is 0.636. The van der Waals surface area contributed by atoms with Crippen molar-refractivity contribution < 1.29 is 4.79 Å². The Kier molecular flexibility index (Phi) is 3.04. The van der Waals surface area contributed by atoms with E-state index in [-0.39, 0.29) is 5.91 Å². The van der Waals surface area contributed by atoms with Gasteiger partial charge < -0.3 is 5.32 Å². The number of H-pyrrole nitrogens is 1. The summed E-state index contributed by atoms with van der Waals surface area (Å²) in [5, 5.41) is 9.75. The zero-order chi connectivity index (χ0) is 10.7. The van der Waals surface area contributed by atoms with Gasteiger partial charge in [0.25, 0.3) is 5.91 Å². The molecule has 1 saturated carbocycles. The minimum Gasteiger partial charge on any atom is -0.348 e. The van der Waals surface area contributed by atoms with Crippen molar-refractivity contribution in [2.24, 2.45) is 0 Å². The quantitative estimate of drug-likeness (QED) is 0.776. The molecule has 2 rings (SSSR count). The third-order valence-corrected chi connectivity index (χ3v) is 2.88. The van der Waals surface area contributed by atoms with Gasteiger partial charge in [-0.3, -0.25) is 9.89 Å². The molecular weight excluding hydrogens is 190 g/mol. The summed E-state index contributed by atoms with van der Waals surface area (Å²) in [5.41, 5.74) is 1.42. The molecule has 4 heteroatoms. The van der Waals surface area contributed by atoms with Crippen LogP contribution in [0.2, 0.25) is 0 Å². The van der Waals surface area contributed by atoms with E-state index in [1.54, 1.807) is 6.07 Å². The molecule has 15 heavy (non-hydrogen) atoms. The number of rotatable bonds is 2. The van der Waals surface area contributed by atoms with Gasteiger partial charge in [0.1, 0.15) is 5.69 Å². The first kappa shape index (κ1) is 10.2. The summed E-state index contributed by atoms with van der Waals surface area (Å²) < 4.78 is 0.